The van der Waals surface area contributed by atoms with Gasteiger partial charge in [-0.3, -0.25) is 4.98 Å². The van der Waals surface area contributed by atoms with E-state index in [-0.39, 0.29) is 5.41 Å². The molecule has 2 heterocycles. The smallest absolute Gasteiger partial charge is 0.0726 e. The highest BCUT2D eigenvalue weighted by Crippen LogP contribution is 2.64. The Balaban J connectivity index is 0.624. The van der Waals surface area contributed by atoms with Crippen LogP contribution in [0.5, 0.6) is 0 Å². The standard InChI is InChI=1S/C102H72N4/c1-100(2)90-32-16-10-26-80(90)85-56-53-77(61-95(85)100)104(74-49-41-68(42-50-74)70-45-59-99-89(60-70)88-31-15-21-37-98(88)106(99)73-24-8-5-9-25-73)75-51-43-69(44-52-75)71-38-46-72(103-65-71)64-101(3)91-33-17-11-27-81(91)86-57-54-78(62-96(86)101)105(76-47-39-67(40-48-76)66-22-6-4-7-23-66)79-55-58-87-84-30-14-20-36-94(84)102(97(87)63-79)92-34-18-12-28-82(92)83-29-13-19-35-93(83)102/h4-63,65H,64H2,1-3H3. The number of rotatable bonds is 12. The van der Waals surface area contributed by atoms with Crippen molar-refractivity contribution in [2.24, 2.45) is 0 Å². The Labute approximate surface area is 618 Å². The molecule has 17 aromatic rings. The normalized spacial score (nSPS) is 14.8. The molecule has 4 nitrogen and oxygen atoms in total. The predicted octanol–water partition coefficient (Wildman–Crippen LogP) is 26.3. The van der Waals surface area contributed by atoms with Crippen LogP contribution in [0.3, 0.4) is 0 Å². The summed E-state index contributed by atoms with van der Waals surface area (Å²) in [6.45, 7) is 7.17. The molecule has 4 aliphatic carbocycles. The van der Waals surface area contributed by atoms with Gasteiger partial charge in [-0.15, -0.1) is 0 Å². The molecule has 4 aliphatic rings. The molecule has 15 aromatic carbocycles. The summed E-state index contributed by atoms with van der Waals surface area (Å²) in [4.78, 5) is 10.3. The van der Waals surface area contributed by atoms with Crippen molar-refractivity contribution in [3.05, 3.63) is 420 Å². The Hall–Kier alpha value is -13.2. The van der Waals surface area contributed by atoms with Crippen LogP contribution in [0.15, 0.2) is 370 Å². The summed E-state index contributed by atoms with van der Waals surface area (Å²) in [7, 11) is 0. The van der Waals surface area contributed by atoms with E-state index in [4.69, 9.17) is 4.98 Å². The van der Waals surface area contributed by atoms with Gasteiger partial charge in [0.2, 0.25) is 0 Å². The summed E-state index contributed by atoms with van der Waals surface area (Å²) in [5, 5.41) is 2.48. The number of pyridine rings is 1. The second kappa shape index (κ2) is 23.7. The minimum atomic E-state index is -0.486. The van der Waals surface area contributed by atoms with Crippen molar-refractivity contribution in [2.45, 2.75) is 43.4 Å². The number of anilines is 6. The molecule has 1 unspecified atom stereocenters. The van der Waals surface area contributed by atoms with E-state index in [0.717, 1.165) is 56.6 Å². The van der Waals surface area contributed by atoms with Crippen molar-refractivity contribution in [2.75, 3.05) is 9.80 Å². The Morgan fingerprint density at radius 3 is 1.21 bits per heavy atom. The van der Waals surface area contributed by atoms with E-state index >= 15 is 0 Å². The Bertz CT molecular complexity index is 6320. The average Bonchev–Trinajstić information content (AvgIpc) is 1.51. The van der Waals surface area contributed by atoms with Gasteiger partial charge in [0, 0.05) is 85.3 Å². The molecule has 1 spiro atoms. The number of aromatic nitrogens is 2. The second-order valence-corrected chi connectivity index (χ2v) is 29.9. The number of hydrogen-bond donors (Lipinski definition) is 0. The number of nitrogens with zero attached hydrogens (tertiary/aromatic N) is 4. The van der Waals surface area contributed by atoms with E-state index in [0.29, 0.717) is 6.42 Å². The second-order valence-electron chi connectivity index (χ2n) is 29.9. The maximum atomic E-state index is 5.39. The minimum Gasteiger partial charge on any atom is -0.310 e. The zero-order valence-corrected chi connectivity index (χ0v) is 59.2. The molecule has 1 atom stereocenters. The van der Waals surface area contributed by atoms with Crippen LogP contribution in [-0.2, 0) is 22.7 Å². The summed E-state index contributed by atoms with van der Waals surface area (Å²) in [5.41, 5.74) is 38.0. The molecule has 0 bridgehead atoms. The summed E-state index contributed by atoms with van der Waals surface area (Å²) >= 11 is 0. The Morgan fingerprint density at radius 2 is 0.642 bits per heavy atom. The van der Waals surface area contributed by atoms with Gasteiger partial charge in [0.1, 0.15) is 0 Å². The lowest BCUT2D eigenvalue weighted by Gasteiger charge is -2.33. The molecule has 4 heteroatoms. The molecular formula is C102H72N4. The van der Waals surface area contributed by atoms with E-state index < -0.39 is 10.8 Å². The topological polar surface area (TPSA) is 24.3 Å². The van der Waals surface area contributed by atoms with Gasteiger partial charge >= 0.3 is 0 Å². The van der Waals surface area contributed by atoms with Crippen LogP contribution in [0.2, 0.25) is 0 Å². The van der Waals surface area contributed by atoms with Gasteiger partial charge in [0.05, 0.1) is 16.4 Å². The summed E-state index contributed by atoms with van der Waals surface area (Å²) in [5.74, 6) is 0. The largest absolute Gasteiger partial charge is 0.310 e. The molecule has 0 N–H and O–H groups in total. The van der Waals surface area contributed by atoms with Gasteiger partial charge in [-0.1, -0.05) is 276 Å². The fraction of sp³-hybridized carbons (Fsp3) is 0.0686. The fourth-order valence-corrected chi connectivity index (χ4v) is 19.0. The minimum absolute atomic E-state index is 0.161. The van der Waals surface area contributed by atoms with E-state index in [1.165, 1.54) is 133 Å². The van der Waals surface area contributed by atoms with Crippen molar-refractivity contribution in [1.29, 1.82) is 0 Å². The molecule has 0 saturated carbocycles. The van der Waals surface area contributed by atoms with Crippen LogP contribution in [0.1, 0.15) is 71.0 Å². The number of hydrogen-bond acceptors (Lipinski definition) is 3. The Morgan fingerprint density at radius 1 is 0.264 bits per heavy atom. The van der Waals surface area contributed by atoms with E-state index in [1.807, 2.05) is 0 Å². The van der Waals surface area contributed by atoms with Crippen molar-refractivity contribution in [1.82, 2.24) is 9.55 Å². The first-order chi connectivity index (χ1) is 52.2. The summed E-state index contributed by atoms with van der Waals surface area (Å²) < 4.78 is 2.38. The molecule has 500 valence electrons. The molecule has 0 radical (unpaired) electrons. The molecule has 0 fully saturated rings. The van der Waals surface area contributed by atoms with Crippen LogP contribution in [-0.4, -0.2) is 9.55 Å². The summed E-state index contributed by atoms with van der Waals surface area (Å²) in [6.07, 6.45) is 2.80. The molecule has 0 aliphatic heterocycles. The van der Waals surface area contributed by atoms with Crippen LogP contribution in [0.25, 0.3) is 105 Å². The van der Waals surface area contributed by atoms with Crippen LogP contribution < -0.4 is 9.80 Å². The SMILES string of the molecule is CC1(C)c2ccccc2-c2ccc(N(c3ccc(-c4ccc(CC5(C)c6ccccc6-c6ccc(N(c7ccc(-c8ccccc8)cc7)c7ccc8c(c7)C7(c9ccccc9-c9ccccc97)c7ccccc7-8)cc65)nc4)cc3)c3ccc(-c4ccc5c(c4)c4ccccc4n5-c4ccccc4)cc3)cc21. The predicted molar refractivity (Wildman–Crippen MR) is 440 cm³/mol. The third-order valence-corrected chi connectivity index (χ3v) is 23.9. The molecule has 0 saturated heterocycles. The van der Waals surface area contributed by atoms with E-state index in [1.54, 1.807) is 0 Å². The first-order valence-corrected chi connectivity index (χ1v) is 37.1. The van der Waals surface area contributed by atoms with Crippen molar-refractivity contribution >= 4 is 55.9 Å². The van der Waals surface area contributed by atoms with E-state index in [9.17, 15) is 0 Å². The highest BCUT2D eigenvalue weighted by Gasteiger charge is 2.52. The summed E-state index contributed by atoms with van der Waals surface area (Å²) in [6, 6.07) is 136. The van der Waals surface area contributed by atoms with Crippen LogP contribution in [0, 0.1) is 0 Å². The third kappa shape index (κ3) is 9.23. The van der Waals surface area contributed by atoms with Gasteiger partial charge in [-0.25, -0.2) is 0 Å². The van der Waals surface area contributed by atoms with Gasteiger partial charge in [-0.05, 0) is 226 Å². The van der Waals surface area contributed by atoms with Crippen LogP contribution >= 0.6 is 0 Å². The monoisotopic (exact) mass is 1350 g/mol. The quantitative estimate of drug-likeness (QED) is 0.122. The maximum absolute atomic E-state index is 5.39. The zero-order chi connectivity index (χ0) is 70.4. The molecular weight excluding hydrogens is 1280 g/mol. The molecule has 21 rings (SSSR count). The lowest BCUT2D eigenvalue weighted by atomic mass is 9.70. The number of fused-ring (bicyclic) bond motifs is 19. The average molecular weight is 1350 g/mol. The van der Waals surface area contributed by atoms with Crippen LogP contribution in [0.4, 0.5) is 34.1 Å². The first-order valence-electron chi connectivity index (χ1n) is 37.1. The number of para-hydroxylation sites is 2. The van der Waals surface area contributed by atoms with E-state index in [2.05, 4.69) is 405 Å². The zero-order valence-electron chi connectivity index (χ0n) is 59.2. The van der Waals surface area contributed by atoms with Crippen molar-refractivity contribution < 1.29 is 0 Å². The fourth-order valence-electron chi connectivity index (χ4n) is 19.0. The highest BCUT2D eigenvalue weighted by molar-refractivity contribution is 6.11. The van der Waals surface area contributed by atoms with Crippen molar-refractivity contribution in [3.8, 4) is 83.6 Å². The maximum Gasteiger partial charge on any atom is 0.0726 e. The van der Waals surface area contributed by atoms with Gasteiger partial charge < -0.3 is 14.4 Å². The third-order valence-electron chi connectivity index (χ3n) is 23.9. The first kappa shape index (κ1) is 61.5. The van der Waals surface area contributed by atoms with Gasteiger partial charge in [-0.2, -0.15) is 0 Å². The van der Waals surface area contributed by atoms with Gasteiger partial charge in [0.25, 0.3) is 0 Å². The lowest BCUT2D eigenvalue weighted by molar-refractivity contribution is 0.574. The lowest BCUT2D eigenvalue weighted by Crippen LogP contribution is -2.26. The van der Waals surface area contributed by atoms with Gasteiger partial charge in [0.15, 0.2) is 0 Å². The molecule has 0 amide bonds. The number of benzene rings is 15. The highest BCUT2D eigenvalue weighted by atomic mass is 15.1. The molecule has 2 aromatic heterocycles. The molecule has 106 heavy (non-hydrogen) atoms. The van der Waals surface area contributed by atoms with Crippen molar-refractivity contribution in [3.63, 3.8) is 0 Å². The Kier molecular flexibility index (Phi) is 13.8.